The first-order valence-corrected chi connectivity index (χ1v) is 11.1. The van der Waals surface area contributed by atoms with E-state index < -0.39 is 11.8 Å². The maximum absolute atomic E-state index is 13.0. The second-order valence-electron chi connectivity index (χ2n) is 8.43. The fourth-order valence-corrected chi connectivity index (χ4v) is 4.31. The topological polar surface area (TPSA) is 82.9 Å². The number of nitrogens with zero attached hydrogens (tertiary/aromatic N) is 4. The molecule has 0 saturated carbocycles. The molecule has 0 spiro atoms. The zero-order valence-corrected chi connectivity index (χ0v) is 18.3. The second-order valence-corrected chi connectivity index (χ2v) is 8.43. The molecular weight excluding hydrogens is 408 g/mol. The molecule has 1 aromatic carbocycles. The third kappa shape index (κ3) is 4.59. The van der Waals surface area contributed by atoms with Gasteiger partial charge in [-0.2, -0.15) is 0 Å². The molecule has 0 N–H and O–H groups in total. The number of likely N-dealkylation sites (tertiary alicyclic amines) is 1. The Kier molecular flexibility index (Phi) is 6.39. The van der Waals surface area contributed by atoms with Gasteiger partial charge in [-0.05, 0) is 37.5 Å². The molecule has 1 aromatic heterocycles. The van der Waals surface area contributed by atoms with E-state index in [4.69, 9.17) is 0 Å². The number of piperazine rings is 1. The smallest absolute Gasteiger partial charge is 0.312 e. The highest BCUT2D eigenvalue weighted by Crippen LogP contribution is 2.12. The molecule has 32 heavy (non-hydrogen) atoms. The van der Waals surface area contributed by atoms with Crippen LogP contribution in [0.2, 0.25) is 0 Å². The van der Waals surface area contributed by atoms with Crippen LogP contribution in [-0.4, -0.2) is 76.3 Å². The quantitative estimate of drug-likeness (QED) is 0.675. The van der Waals surface area contributed by atoms with E-state index in [9.17, 15) is 19.2 Å². The Bertz CT molecular complexity index is 1080. The van der Waals surface area contributed by atoms with E-state index in [1.807, 2.05) is 31.2 Å². The number of carbonyl (C=O) groups excluding carboxylic acids is 3. The van der Waals surface area contributed by atoms with Crippen LogP contribution >= 0.6 is 0 Å². The highest BCUT2D eigenvalue weighted by atomic mass is 16.2. The number of aromatic nitrogens is 1. The van der Waals surface area contributed by atoms with Crippen molar-refractivity contribution in [1.82, 2.24) is 19.3 Å². The number of hydrogen-bond acceptors (Lipinski definition) is 4. The molecule has 2 aromatic rings. The van der Waals surface area contributed by atoms with Crippen molar-refractivity contribution in [3.63, 3.8) is 0 Å². The van der Waals surface area contributed by atoms with Crippen molar-refractivity contribution in [2.45, 2.75) is 26.3 Å². The zero-order chi connectivity index (χ0) is 22.7. The van der Waals surface area contributed by atoms with Gasteiger partial charge in [0.1, 0.15) is 5.56 Å². The Hall–Kier alpha value is -3.42. The van der Waals surface area contributed by atoms with Gasteiger partial charge in [0.05, 0.1) is 6.54 Å². The Morgan fingerprint density at radius 2 is 1.44 bits per heavy atom. The second kappa shape index (κ2) is 9.38. The molecule has 3 amide bonds. The van der Waals surface area contributed by atoms with Crippen LogP contribution in [0, 0.1) is 6.92 Å². The Morgan fingerprint density at radius 3 is 2.09 bits per heavy atom. The number of amides is 3. The fourth-order valence-electron chi connectivity index (χ4n) is 4.31. The largest absolute Gasteiger partial charge is 0.335 e. The lowest BCUT2D eigenvalue weighted by molar-refractivity contribution is -0.152. The number of carbonyl (C=O) groups is 3. The van der Waals surface area contributed by atoms with E-state index in [0.717, 1.165) is 24.0 Å². The molecule has 8 nitrogen and oxygen atoms in total. The lowest BCUT2D eigenvalue weighted by Gasteiger charge is -2.35. The fraction of sp³-hybridized carbons (Fsp3) is 0.417. The van der Waals surface area contributed by atoms with Crippen molar-refractivity contribution in [2.24, 2.45) is 0 Å². The van der Waals surface area contributed by atoms with Crippen LogP contribution in [0.4, 0.5) is 0 Å². The van der Waals surface area contributed by atoms with Gasteiger partial charge < -0.3 is 19.3 Å². The summed E-state index contributed by atoms with van der Waals surface area (Å²) in [4.78, 5) is 55.5. The van der Waals surface area contributed by atoms with E-state index in [2.05, 4.69) is 0 Å². The predicted molar refractivity (Wildman–Crippen MR) is 119 cm³/mol. The number of benzene rings is 1. The molecule has 0 radical (unpaired) electrons. The maximum Gasteiger partial charge on any atom is 0.312 e. The van der Waals surface area contributed by atoms with E-state index in [1.54, 1.807) is 28.1 Å². The lowest BCUT2D eigenvalue weighted by Crippen LogP contribution is -2.54. The van der Waals surface area contributed by atoms with Crippen molar-refractivity contribution >= 4 is 17.7 Å². The minimum Gasteiger partial charge on any atom is -0.335 e. The molecule has 3 heterocycles. The summed E-state index contributed by atoms with van der Waals surface area (Å²) in [5.41, 5.74) is 1.89. The molecule has 0 unspecified atom stereocenters. The summed E-state index contributed by atoms with van der Waals surface area (Å²) in [5, 5.41) is 0. The van der Waals surface area contributed by atoms with Crippen LogP contribution in [0.1, 0.15) is 34.3 Å². The van der Waals surface area contributed by atoms with Gasteiger partial charge in [-0.3, -0.25) is 19.2 Å². The van der Waals surface area contributed by atoms with Gasteiger partial charge in [0.25, 0.3) is 11.5 Å². The van der Waals surface area contributed by atoms with Gasteiger partial charge in [-0.1, -0.05) is 29.8 Å². The average Bonchev–Trinajstić information content (AvgIpc) is 3.34. The van der Waals surface area contributed by atoms with Gasteiger partial charge in [-0.15, -0.1) is 0 Å². The van der Waals surface area contributed by atoms with Crippen LogP contribution in [0.25, 0.3) is 0 Å². The molecule has 0 atom stereocenters. The van der Waals surface area contributed by atoms with Crippen LogP contribution < -0.4 is 5.56 Å². The normalized spacial score (nSPS) is 16.3. The Balaban J connectivity index is 1.40. The average molecular weight is 437 g/mol. The van der Waals surface area contributed by atoms with Gasteiger partial charge in [0, 0.05) is 45.5 Å². The highest BCUT2D eigenvalue weighted by molar-refractivity contribution is 6.35. The lowest BCUT2D eigenvalue weighted by atomic mass is 10.1. The third-order valence-electron chi connectivity index (χ3n) is 6.12. The molecule has 0 bridgehead atoms. The van der Waals surface area contributed by atoms with Crippen molar-refractivity contribution in [3.05, 3.63) is 69.6 Å². The zero-order valence-electron chi connectivity index (χ0n) is 18.3. The summed E-state index contributed by atoms with van der Waals surface area (Å²) in [6.45, 7) is 4.81. The summed E-state index contributed by atoms with van der Waals surface area (Å²) >= 11 is 0. The third-order valence-corrected chi connectivity index (χ3v) is 6.12. The minimum atomic E-state index is -0.501. The van der Waals surface area contributed by atoms with Gasteiger partial charge in [0.15, 0.2) is 0 Å². The predicted octanol–water partition coefficient (Wildman–Crippen LogP) is 1.11. The molecule has 2 aliphatic rings. The summed E-state index contributed by atoms with van der Waals surface area (Å²) < 4.78 is 1.54. The van der Waals surface area contributed by atoms with Crippen LogP contribution in [0.3, 0.4) is 0 Å². The first-order chi connectivity index (χ1) is 15.4. The SMILES string of the molecule is Cc1cccc(Cn2cccc(C(=O)N3CCN(C(=O)C(=O)N4CCCC4)CC3)c2=O)c1. The Morgan fingerprint density at radius 1 is 0.812 bits per heavy atom. The first kappa shape index (κ1) is 21.8. The van der Waals surface area contributed by atoms with E-state index in [1.165, 1.54) is 9.47 Å². The molecule has 168 valence electrons. The molecule has 0 aliphatic carbocycles. The maximum atomic E-state index is 13.0. The van der Waals surface area contributed by atoms with Crippen LogP contribution in [-0.2, 0) is 16.1 Å². The summed E-state index contributed by atoms with van der Waals surface area (Å²) in [7, 11) is 0. The van der Waals surface area contributed by atoms with E-state index >= 15 is 0 Å². The molecule has 2 fully saturated rings. The van der Waals surface area contributed by atoms with Crippen LogP contribution in [0.15, 0.2) is 47.4 Å². The van der Waals surface area contributed by atoms with Crippen LogP contribution in [0.5, 0.6) is 0 Å². The summed E-state index contributed by atoms with van der Waals surface area (Å²) in [5.74, 6) is -1.30. The van der Waals surface area contributed by atoms with Gasteiger partial charge in [0.2, 0.25) is 0 Å². The number of rotatable bonds is 3. The van der Waals surface area contributed by atoms with Crippen molar-refractivity contribution in [1.29, 1.82) is 0 Å². The standard InChI is InChI=1S/C24H28N4O4/c1-18-6-4-7-19(16-18)17-28-11-5-8-20(22(28)30)21(29)26-12-14-27(15-13-26)24(32)23(31)25-9-2-3-10-25/h4-8,11,16H,2-3,9-10,12-15,17H2,1H3. The minimum absolute atomic E-state index is 0.119. The van der Waals surface area contributed by atoms with E-state index in [0.29, 0.717) is 32.7 Å². The Labute approximate surface area is 187 Å². The summed E-state index contributed by atoms with van der Waals surface area (Å²) in [6, 6.07) is 11.2. The van der Waals surface area contributed by atoms with Crippen molar-refractivity contribution < 1.29 is 14.4 Å². The summed E-state index contributed by atoms with van der Waals surface area (Å²) in [6.07, 6.45) is 3.54. The number of hydrogen-bond donors (Lipinski definition) is 0. The van der Waals surface area contributed by atoms with E-state index in [-0.39, 0.29) is 30.1 Å². The first-order valence-electron chi connectivity index (χ1n) is 11.1. The molecular formula is C24H28N4O4. The van der Waals surface area contributed by atoms with Gasteiger partial charge in [-0.25, -0.2) is 0 Å². The number of pyridine rings is 1. The number of aryl methyl sites for hydroxylation is 1. The monoisotopic (exact) mass is 436 g/mol. The molecule has 8 heteroatoms. The molecule has 2 aliphatic heterocycles. The highest BCUT2D eigenvalue weighted by Gasteiger charge is 2.32. The molecule has 2 saturated heterocycles. The van der Waals surface area contributed by atoms with Gasteiger partial charge >= 0.3 is 11.8 Å². The van der Waals surface area contributed by atoms with Crippen molar-refractivity contribution in [2.75, 3.05) is 39.3 Å². The molecule has 4 rings (SSSR count). The van der Waals surface area contributed by atoms with Crippen molar-refractivity contribution in [3.8, 4) is 0 Å².